The number of hydrogen-bond acceptors (Lipinski definition) is 0. The molecule has 0 heterocycles. The molecule has 1 rings (SSSR count). The maximum atomic E-state index is 7.27. The fourth-order valence-corrected chi connectivity index (χ4v) is 1.70. The predicted octanol–water partition coefficient (Wildman–Crippen LogP) is 3.54. The first-order valence-electron chi connectivity index (χ1n) is 4.30. The van der Waals surface area contributed by atoms with Crippen molar-refractivity contribution in [1.82, 2.24) is 0 Å². The first-order valence-corrected chi connectivity index (χ1v) is 4.30. The second-order valence-corrected chi connectivity index (χ2v) is 2.87. The summed E-state index contributed by atoms with van der Waals surface area (Å²) < 4.78 is 21.8. The second kappa shape index (κ2) is 3.40. The topological polar surface area (TPSA) is 0 Å². The first kappa shape index (κ1) is 4.78. The van der Waals surface area contributed by atoms with Crippen molar-refractivity contribution in [1.29, 1.82) is 0 Å². The molecule has 0 saturated carbocycles. The van der Waals surface area contributed by atoms with Gasteiger partial charge in [-0.25, -0.2) is 0 Å². The lowest BCUT2D eigenvalue weighted by molar-refractivity contribution is 1.32. The van der Waals surface area contributed by atoms with E-state index >= 15 is 0 Å². The van der Waals surface area contributed by atoms with Gasteiger partial charge in [-0.2, -0.15) is 0 Å². The minimum atomic E-state index is -2.09. The lowest BCUT2D eigenvalue weighted by Gasteiger charge is -2.02. The van der Waals surface area contributed by atoms with Crippen LogP contribution in [0.3, 0.4) is 0 Å². The van der Waals surface area contributed by atoms with Crippen molar-refractivity contribution in [3.63, 3.8) is 0 Å². The minimum absolute atomic E-state index is 0.317. The van der Waals surface area contributed by atoms with Gasteiger partial charge in [-0.1, -0.05) is 39.7 Å². The van der Waals surface area contributed by atoms with Crippen molar-refractivity contribution in [2.45, 2.75) is 12.2 Å². The van der Waals surface area contributed by atoms with Gasteiger partial charge in [-0.3, -0.25) is 0 Å². The van der Waals surface area contributed by atoms with Gasteiger partial charge >= 0.3 is 0 Å². The monoisotopic (exact) mass is 221 g/mol. The third kappa shape index (κ3) is 1.53. The summed E-state index contributed by atoms with van der Waals surface area (Å²) in [5.41, 5.74) is 0.959. The van der Waals surface area contributed by atoms with E-state index in [1.165, 1.54) is 0 Å². The van der Waals surface area contributed by atoms with E-state index in [9.17, 15) is 0 Å². The Morgan fingerprint density at radius 2 is 2.50 bits per heavy atom. The van der Waals surface area contributed by atoms with Gasteiger partial charge in [0.2, 0.25) is 0 Å². The van der Waals surface area contributed by atoms with Crippen LogP contribution < -0.4 is 0 Å². The molecule has 0 unspecified atom stereocenters. The van der Waals surface area contributed by atoms with Gasteiger partial charge in [-0.05, 0) is 24.0 Å². The van der Waals surface area contributed by atoms with Gasteiger partial charge in [0.25, 0.3) is 0 Å². The van der Waals surface area contributed by atoms with E-state index in [0.717, 1.165) is 0 Å². The van der Waals surface area contributed by atoms with Gasteiger partial charge in [0.1, 0.15) is 0 Å². The summed E-state index contributed by atoms with van der Waals surface area (Å²) in [4.78, 5) is 0. The van der Waals surface area contributed by atoms with Crippen LogP contribution in [0.4, 0.5) is 0 Å². The molecule has 0 aliphatic rings. The van der Waals surface area contributed by atoms with E-state index in [4.69, 9.17) is 15.7 Å². The van der Waals surface area contributed by atoms with Crippen molar-refractivity contribution in [3.05, 3.63) is 34.3 Å². The third-order valence-electron chi connectivity index (χ3n) is 1.25. The summed E-state index contributed by atoms with van der Waals surface area (Å²) in [5, 5.41) is 0.950. The molecule has 0 atom stereocenters. The van der Waals surface area contributed by atoms with Gasteiger partial charge < -0.3 is 0 Å². The first-order chi connectivity index (χ1) is 5.96. The maximum Gasteiger partial charge on any atom is 0.0449 e. The third-order valence-corrected chi connectivity index (χ3v) is 2.17. The van der Waals surface area contributed by atoms with Crippen molar-refractivity contribution < 1.29 is 4.11 Å². The van der Waals surface area contributed by atoms with Crippen LogP contribution in [-0.4, -0.2) is 0 Å². The summed E-state index contributed by atoms with van der Waals surface area (Å²) >= 11 is 9.07. The van der Waals surface area contributed by atoms with E-state index in [-0.39, 0.29) is 0 Å². The molecule has 1 aromatic rings. The van der Waals surface area contributed by atoms with Crippen LogP contribution in [0.25, 0.3) is 0 Å². The number of alkyl halides is 1. The smallest absolute Gasteiger partial charge is 0.0449 e. The molecule has 0 aliphatic heterocycles. The number of halogens is 2. The standard InChI is InChI=1S/C8H8BrCl/c1-6-3-2-4-8(10)7(6)5-9/h2-4H,5H2,1H3/i1D3. The van der Waals surface area contributed by atoms with Crippen LogP contribution in [0, 0.1) is 6.85 Å². The molecule has 54 valence electrons. The minimum Gasteiger partial charge on any atom is -0.0876 e. The molecule has 0 nitrogen and oxygen atoms in total. The van der Waals surface area contributed by atoms with E-state index in [0.29, 0.717) is 21.5 Å². The Morgan fingerprint density at radius 1 is 1.70 bits per heavy atom. The highest BCUT2D eigenvalue weighted by molar-refractivity contribution is 9.08. The Kier molecular flexibility index (Phi) is 1.63. The van der Waals surface area contributed by atoms with Crippen LogP contribution in [0.15, 0.2) is 18.2 Å². The van der Waals surface area contributed by atoms with Crippen molar-refractivity contribution in [2.24, 2.45) is 0 Å². The normalized spacial score (nSPS) is 15.6. The fourth-order valence-electron chi connectivity index (χ4n) is 0.694. The zero-order valence-electron chi connectivity index (χ0n) is 8.20. The number of benzene rings is 1. The zero-order valence-corrected chi connectivity index (χ0v) is 7.54. The highest BCUT2D eigenvalue weighted by Gasteiger charge is 1.99. The van der Waals surface area contributed by atoms with E-state index in [2.05, 4.69) is 15.9 Å². The lowest BCUT2D eigenvalue weighted by atomic mass is 10.1. The van der Waals surface area contributed by atoms with E-state index in [1.807, 2.05) is 0 Å². The Hall–Kier alpha value is -0.0100. The molecule has 2 heteroatoms. The quantitative estimate of drug-likeness (QED) is 0.638. The molecule has 0 N–H and O–H groups in total. The van der Waals surface area contributed by atoms with Crippen LogP contribution in [0.2, 0.25) is 5.02 Å². The van der Waals surface area contributed by atoms with Crippen molar-refractivity contribution in [3.8, 4) is 0 Å². The molecule has 0 fully saturated rings. The number of rotatable bonds is 1. The Bertz CT molecular complexity index is 309. The summed E-state index contributed by atoms with van der Waals surface area (Å²) in [7, 11) is 0. The molecular weight excluding hydrogens is 211 g/mol. The molecule has 0 amide bonds. The average Bonchev–Trinajstić information content (AvgIpc) is 2.02. The van der Waals surface area contributed by atoms with Crippen LogP contribution in [0.5, 0.6) is 0 Å². The predicted molar refractivity (Wildman–Crippen MR) is 48.8 cm³/mol. The van der Waals surface area contributed by atoms with Crippen molar-refractivity contribution >= 4 is 27.5 Å². The number of aryl methyl sites for hydroxylation is 1. The highest BCUT2D eigenvalue weighted by Crippen LogP contribution is 2.21. The second-order valence-electron chi connectivity index (χ2n) is 1.90. The summed E-state index contributed by atoms with van der Waals surface area (Å²) in [5.74, 6) is 0. The van der Waals surface area contributed by atoms with Crippen LogP contribution in [0.1, 0.15) is 15.2 Å². The molecule has 0 aliphatic carbocycles. The summed E-state index contributed by atoms with van der Waals surface area (Å²) in [6, 6.07) is 4.92. The Labute approximate surface area is 78.5 Å². The van der Waals surface area contributed by atoms with E-state index < -0.39 is 6.85 Å². The highest BCUT2D eigenvalue weighted by atomic mass is 79.9. The molecule has 0 bridgehead atoms. The van der Waals surface area contributed by atoms with Gasteiger partial charge in [-0.15, -0.1) is 0 Å². The van der Waals surface area contributed by atoms with Crippen LogP contribution >= 0.6 is 27.5 Å². The maximum absolute atomic E-state index is 7.27. The average molecular weight is 223 g/mol. The summed E-state index contributed by atoms with van der Waals surface area (Å²) in [6.45, 7) is -2.09. The Morgan fingerprint density at radius 3 is 3.00 bits per heavy atom. The lowest BCUT2D eigenvalue weighted by Crippen LogP contribution is -1.84. The molecular formula is C8H8BrCl. The molecule has 0 aromatic heterocycles. The molecule has 1 aromatic carbocycles. The Balaban J connectivity index is 3.29. The zero-order chi connectivity index (χ0) is 10.1. The molecule has 0 saturated heterocycles. The molecule has 10 heavy (non-hydrogen) atoms. The summed E-state index contributed by atoms with van der Waals surface area (Å²) in [6.07, 6.45) is 0. The van der Waals surface area contributed by atoms with Gasteiger partial charge in [0.15, 0.2) is 0 Å². The van der Waals surface area contributed by atoms with Crippen molar-refractivity contribution in [2.75, 3.05) is 0 Å². The van der Waals surface area contributed by atoms with Gasteiger partial charge in [0.05, 0.1) is 0 Å². The molecule has 0 spiro atoms. The largest absolute Gasteiger partial charge is 0.0876 e. The van der Waals surface area contributed by atoms with Crippen LogP contribution in [-0.2, 0) is 5.33 Å². The number of hydrogen-bond donors (Lipinski definition) is 0. The van der Waals surface area contributed by atoms with Gasteiger partial charge in [0, 0.05) is 14.5 Å². The molecule has 0 radical (unpaired) electrons. The van der Waals surface area contributed by atoms with E-state index in [1.54, 1.807) is 18.2 Å². The SMILES string of the molecule is [2H]C([2H])([2H])c1cccc(Cl)c1CBr. The fraction of sp³-hybridized carbons (Fsp3) is 0.250.